The molecule has 0 spiro atoms. The van der Waals surface area contributed by atoms with Gasteiger partial charge in [0.15, 0.2) is 11.5 Å². The highest BCUT2D eigenvalue weighted by molar-refractivity contribution is 7.90. The third-order valence-corrected chi connectivity index (χ3v) is 7.92. The second-order valence-corrected chi connectivity index (χ2v) is 10.3. The van der Waals surface area contributed by atoms with E-state index >= 15 is 0 Å². The molecule has 1 atom stereocenters. The minimum atomic E-state index is -3.99. The summed E-state index contributed by atoms with van der Waals surface area (Å²) in [5.41, 5.74) is 0.265. The lowest BCUT2D eigenvalue weighted by Gasteiger charge is -2.33. The summed E-state index contributed by atoms with van der Waals surface area (Å²) in [6.45, 7) is 4.02. The van der Waals surface area contributed by atoms with E-state index in [1.807, 2.05) is 0 Å². The van der Waals surface area contributed by atoms with Crippen LogP contribution in [0.3, 0.4) is 0 Å². The van der Waals surface area contributed by atoms with Crippen molar-refractivity contribution in [2.75, 3.05) is 58.8 Å². The third kappa shape index (κ3) is 6.67. The van der Waals surface area contributed by atoms with Crippen LogP contribution < -0.4 is 24.2 Å². The molecule has 2 heterocycles. The quantitative estimate of drug-likeness (QED) is 0.450. The summed E-state index contributed by atoms with van der Waals surface area (Å²) in [4.78, 5) is 15.4. The summed E-state index contributed by atoms with van der Waals surface area (Å²) in [7, 11) is 0.423. The number of methoxy groups -OCH3 is 3. The Balaban J connectivity index is 1.64. The Kier molecular flexibility index (Phi) is 9.66. The van der Waals surface area contributed by atoms with E-state index in [2.05, 4.69) is 14.9 Å². The van der Waals surface area contributed by atoms with Gasteiger partial charge in [-0.25, -0.2) is 0 Å². The first-order valence-electron chi connectivity index (χ1n) is 12.0. The number of amides is 1. The zero-order chi connectivity index (χ0) is 24.6. The predicted molar refractivity (Wildman–Crippen MR) is 131 cm³/mol. The van der Waals surface area contributed by atoms with Crippen LogP contribution in [0.1, 0.15) is 44.9 Å². The fourth-order valence-corrected chi connectivity index (χ4v) is 6.06. The van der Waals surface area contributed by atoms with Crippen LogP contribution in [0.2, 0.25) is 0 Å². The van der Waals surface area contributed by atoms with Crippen molar-refractivity contribution in [3.63, 3.8) is 0 Å². The molecular formula is C23H38N4O6S. The van der Waals surface area contributed by atoms with E-state index in [1.165, 1.54) is 57.0 Å². The monoisotopic (exact) mass is 498 g/mol. The number of piperidine rings is 2. The molecule has 11 heteroatoms. The first-order chi connectivity index (χ1) is 16.4. The first kappa shape index (κ1) is 26.4. The van der Waals surface area contributed by atoms with Gasteiger partial charge in [0.25, 0.3) is 0 Å². The molecule has 34 heavy (non-hydrogen) atoms. The molecule has 0 aromatic heterocycles. The van der Waals surface area contributed by atoms with Crippen molar-refractivity contribution in [1.29, 1.82) is 0 Å². The van der Waals surface area contributed by atoms with E-state index in [-0.39, 0.29) is 18.1 Å². The van der Waals surface area contributed by atoms with Crippen molar-refractivity contribution < 1.29 is 27.4 Å². The third-order valence-electron chi connectivity index (χ3n) is 6.38. The lowest BCUT2D eigenvalue weighted by molar-refractivity contribution is -0.125. The topological polar surface area (TPSA) is 109 Å². The molecule has 0 aliphatic carbocycles. The van der Waals surface area contributed by atoms with Crippen molar-refractivity contribution in [2.24, 2.45) is 0 Å². The molecule has 2 saturated heterocycles. The van der Waals surface area contributed by atoms with Gasteiger partial charge in [-0.2, -0.15) is 12.7 Å². The summed E-state index contributed by atoms with van der Waals surface area (Å²) in [5, 5.41) is 2.95. The molecule has 3 rings (SSSR count). The number of carbonyl (C=O) groups is 1. The smallest absolute Gasteiger partial charge is 0.302 e. The molecule has 1 amide bonds. The first-order valence-corrected chi connectivity index (χ1v) is 13.4. The van der Waals surface area contributed by atoms with E-state index in [0.29, 0.717) is 36.6 Å². The van der Waals surface area contributed by atoms with E-state index < -0.39 is 16.3 Å². The maximum atomic E-state index is 13.3. The van der Waals surface area contributed by atoms with Gasteiger partial charge in [0.1, 0.15) is 6.04 Å². The highest BCUT2D eigenvalue weighted by atomic mass is 32.2. The number of ether oxygens (including phenoxy) is 3. The number of hydrogen-bond donors (Lipinski definition) is 2. The van der Waals surface area contributed by atoms with Crippen LogP contribution in [0.4, 0.5) is 5.69 Å². The van der Waals surface area contributed by atoms with Crippen LogP contribution in [0.5, 0.6) is 17.2 Å². The summed E-state index contributed by atoms with van der Waals surface area (Å²) < 4.78 is 46.3. The second kappa shape index (κ2) is 12.5. The predicted octanol–water partition coefficient (Wildman–Crippen LogP) is 2.22. The highest BCUT2D eigenvalue weighted by Crippen LogP contribution is 2.40. The largest absolute Gasteiger partial charge is 0.493 e. The van der Waals surface area contributed by atoms with Gasteiger partial charge in [-0.1, -0.05) is 12.8 Å². The van der Waals surface area contributed by atoms with Gasteiger partial charge >= 0.3 is 10.2 Å². The lowest BCUT2D eigenvalue weighted by Crippen LogP contribution is -2.53. The lowest BCUT2D eigenvalue weighted by atomic mass is 10.0. The standard InChI is InChI=1S/C23H38N4O6S/c1-31-20-16-18(17-21(32-2)22(20)33-3)25-34(29,30)27-15-8-5-10-19(27)23(28)24-11-9-14-26-12-6-4-7-13-26/h16-17,19,25H,4-15H2,1-3H3,(H,24,28). The minimum absolute atomic E-state index is 0.242. The SMILES string of the molecule is COc1cc(NS(=O)(=O)N2CCCCC2C(=O)NCCCN2CCCCC2)cc(OC)c1OC. The van der Waals surface area contributed by atoms with Crippen LogP contribution >= 0.6 is 0 Å². The molecule has 0 bridgehead atoms. The molecule has 2 fully saturated rings. The van der Waals surface area contributed by atoms with Gasteiger partial charge in [0.05, 0.1) is 27.0 Å². The van der Waals surface area contributed by atoms with Gasteiger partial charge in [0, 0.05) is 25.2 Å². The van der Waals surface area contributed by atoms with Crippen LogP contribution in [-0.2, 0) is 15.0 Å². The molecule has 2 aliphatic heterocycles. The number of hydrogen-bond acceptors (Lipinski definition) is 7. The van der Waals surface area contributed by atoms with Crippen molar-refractivity contribution >= 4 is 21.8 Å². The summed E-state index contributed by atoms with van der Waals surface area (Å²) >= 11 is 0. The molecule has 1 unspecified atom stereocenters. The number of likely N-dealkylation sites (tertiary alicyclic amines) is 1. The number of rotatable bonds is 11. The summed E-state index contributed by atoms with van der Waals surface area (Å²) in [6.07, 6.45) is 6.63. The Bertz CT molecular complexity index is 895. The fraction of sp³-hybridized carbons (Fsp3) is 0.696. The molecule has 10 nitrogen and oxygen atoms in total. The van der Waals surface area contributed by atoms with E-state index in [9.17, 15) is 13.2 Å². The van der Waals surface area contributed by atoms with Gasteiger partial charge in [-0.15, -0.1) is 0 Å². The zero-order valence-corrected chi connectivity index (χ0v) is 21.3. The van der Waals surface area contributed by atoms with Crippen LogP contribution in [0.15, 0.2) is 12.1 Å². The molecule has 0 radical (unpaired) electrons. The molecule has 2 aliphatic rings. The number of nitrogens with one attached hydrogen (secondary N) is 2. The van der Waals surface area contributed by atoms with Crippen molar-refractivity contribution in [1.82, 2.24) is 14.5 Å². The molecular weight excluding hydrogens is 460 g/mol. The molecule has 1 aromatic rings. The number of anilines is 1. The zero-order valence-electron chi connectivity index (χ0n) is 20.5. The second-order valence-electron chi connectivity index (χ2n) is 8.69. The Labute approximate surface area is 203 Å². The van der Waals surface area contributed by atoms with Gasteiger partial charge in [-0.05, 0) is 51.7 Å². The average molecular weight is 499 g/mol. The maximum absolute atomic E-state index is 13.3. The summed E-state index contributed by atoms with van der Waals surface area (Å²) in [5.74, 6) is 0.795. The van der Waals surface area contributed by atoms with Gasteiger partial charge < -0.3 is 24.4 Å². The number of nitrogens with zero attached hydrogens (tertiary/aromatic N) is 2. The van der Waals surface area contributed by atoms with Crippen LogP contribution in [0.25, 0.3) is 0 Å². The molecule has 0 saturated carbocycles. The fourth-order valence-electron chi connectivity index (χ4n) is 4.62. The minimum Gasteiger partial charge on any atom is -0.493 e. The van der Waals surface area contributed by atoms with Crippen molar-refractivity contribution in [3.05, 3.63) is 12.1 Å². The average Bonchev–Trinajstić information content (AvgIpc) is 2.86. The van der Waals surface area contributed by atoms with Gasteiger partial charge in [0.2, 0.25) is 11.7 Å². The maximum Gasteiger partial charge on any atom is 0.302 e. The highest BCUT2D eigenvalue weighted by Gasteiger charge is 2.37. The number of carbonyl (C=O) groups excluding carboxylic acids is 1. The Morgan fingerprint density at radius 3 is 2.24 bits per heavy atom. The van der Waals surface area contributed by atoms with Crippen LogP contribution in [-0.4, -0.2) is 83.6 Å². The van der Waals surface area contributed by atoms with Crippen molar-refractivity contribution in [2.45, 2.75) is 51.0 Å². The van der Waals surface area contributed by atoms with E-state index in [1.54, 1.807) is 0 Å². The van der Waals surface area contributed by atoms with Crippen molar-refractivity contribution in [3.8, 4) is 17.2 Å². The Morgan fingerprint density at radius 1 is 0.971 bits per heavy atom. The van der Waals surface area contributed by atoms with E-state index in [4.69, 9.17) is 14.2 Å². The van der Waals surface area contributed by atoms with E-state index in [0.717, 1.165) is 32.5 Å². The van der Waals surface area contributed by atoms with Gasteiger partial charge in [-0.3, -0.25) is 9.52 Å². The normalized spacial score (nSPS) is 19.9. The summed E-state index contributed by atoms with van der Waals surface area (Å²) in [6, 6.07) is 2.32. The number of benzene rings is 1. The molecule has 2 N–H and O–H groups in total. The Morgan fingerprint density at radius 2 is 1.62 bits per heavy atom. The molecule has 192 valence electrons. The van der Waals surface area contributed by atoms with Crippen LogP contribution in [0, 0.1) is 0 Å². The molecule has 1 aromatic carbocycles. The Hall–Kier alpha value is -2.24.